The topological polar surface area (TPSA) is 63.0 Å². The van der Waals surface area contributed by atoms with Crippen molar-refractivity contribution in [3.05, 3.63) is 63.4 Å². The molecule has 0 aliphatic carbocycles. The van der Waals surface area contributed by atoms with Crippen LogP contribution in [0.4, 0.5) is 0 Å². The van der Waals surface area contributed by atoms with Crippen molar-refractivity contribution in [1.29, 1.82) is 0 Å². The Balaban J connectivity index is 1.40. The van der Waals surface area contributed by atoms with Crippen molar-refractivity contribution in [2.75, 3.05) is 39.3 Å². The lowest BCUT2D eigenvalue weighted by Crippen LogP contribution is -2.48. The molecule has 0 atom stereocenters. The normalized spacial score (nSPS) is 14.8. The van der Waals surface area contributed by atoms with Gasteiger partial charge in [0.2, 0.25) is 5.91 Å². The molecule has 0 bridgehead atoms. The van der Waals surface area contributed by atoms with Gasteiger partial charge in [0.05, 0.1) is 10.9 Å². The molecule has 3 aromatic rings. The third kappa shape index (κ3) is 4.57. The van der Waals surface area contributed by atoms with Crippen molar-refractivity contribution in [1.82, 2.24) is 9.80 Å². The van der Waals surface area contributed by atoms with E-state index in [1.165, 1.54) is 6.26 Å². The van der Waals surface area contributed by atoms with Crippen LogP contribution in [0.15, 0.2) is 62.4 Å². The fourth-order valence-electron chi connectivity index (χ4n) is 3.61. The summed E-state index contributed by atoms with van der Waals surface area (Å²) in [7, 11) is 0. The molecule has 30 heavy (non-hydrogen) atoms. The van der Waals surface area contributed by atoms with Crippen molar-refractivity contribution in [2.45, 2.75) is 6.92 Å². The molecular weight excluding hydrogens is 448 g/mol. The minimum Gasteiger partial charge on any atom is -0.492 e. The fraction of sp³-hybridized carbons (Fsp3) is 0.304. The predicted molar refractivity (Wildman–Crippen MR) is 120 cm³/mol. The van der Waals surface area contributed by atoms with E-state index in [2.05, 4.69) is 20.8 Å². The number of nitrogens with zero attached hydrogens (tertiary/aromatic N) is 2. The second-order valence-electron chi connectivity index (χ2n) is 7.34. The lowest BCUT2D eigenvalue weighted by atomic mass is 10.1. The molecule has 7 heteroatoms. The number of piperazine rings is 1. The molecule has 1 aliphatic rings. The quantitative estimate of drug-likeness (QED) is 0.567. The molecule has 2 heterocycles. The molecule has 0 unspecified atom stereocenters. The molecule has 1 amide bonds. The second kappa shape index (κ2) is 9.02. The van der Waals surface area contributed by atoms with Crippen LogP contribution in [-0.2, 0) is 4.79 Å². The predicted octanol–water partition coefficient (Wildman–Crippen LogP) is 3.77. The van der Waals surface area contributed by atoms with E-state index in [4.69, 9.17) is 9.15 Å². The summed E-state index contributed by atoms with van der Waals surface area (Å²) in [5.74, 6) is 0.802. The lowest BCUT2D eigenvalue weighted by molar-refractivity contribution is -0.130. The molecule has 1 fully saturated rings. The SMILES string of the molecule is CC(=O)N1CCN(CCOc2ccc3c(=O)c(-c4ccc(Br)cc4)coc3c2)CC1. The van der Waals surface area contributed by atoms with Crippen LogP contribution in [0.1, 0.15) is 6.92 Å². The average molecular weight is 471 g/mol. The van der Waals surface area contributed by atoms with E-state index in [1.54, 1.807) is 25.1 Å². The van der Waals surface area contributed by atoms with E-state index in [-0.39, 0.29) is 11.3 Å². The minimum absolute atomic E-state index is 0.0616. The smallest absolute Gasteiger partial charge is 0.219 e. The highest BCUT2D eigenvalue weighted by atomic mass is 79.9. The molecule has 0 N–H and O–H groups in total. The lowest BCUT2D eigenvalue weighted by Gasteiger charge is -2.34. The van der Waals surface area contributed by atoms with Gasteiger partial charge >= 0.3 is 0 Å². The number of amides is 1. The van der Waals surface area contributed by atoms with Crippen LogP contribution in [0, 0.1) is 0 Å². The summed E-state index contributed by atoms with van der Waals surface area (Å²) < 4.78 is 12.6. The first-order chi connectivity index (χ1) is 14.5. The molecule has 156 valence electrons. The van der Waals surface area contributed by atoms with E-state index >= 15 is 0 Å². The van der Waals surface area contributed by atoms with Gasteiger partial charge in [-0.3, -0.25) is 14.5 Å². The van der Waals surface area contributed by atoms with Gasteiger partial charge in [0.25, 0.3) is 0 Å². The van der Waals surface area contributed by atoms with E-state index in [0.29, 0.717) is 28.9 Å². The summed E-state index contributed by atoms with van der Waals surface area (Å²) in [6.45, 7) is 6.17. The van der Waals surface area contributed by atoms with E-state index < -0.39 is 0 Å². The molecule has 1 saturated heterocycles. The Morgan fingerprint density at radius 2 is 1.83 bits per heavy atom. The molecular formula is C23H23BrN2O4. The number of halogens is 1. The highest BCUT2D eigenvalue weighted by molar-refractivity contribution is 9.10. The Bertz CT molecular complexity index is 1100. The maximum atomic E-state index is 12.9. The van der Waals surface area contributed by atoms with E-state index in [0.717, 1.165) is 42.8 Å². The first-order valence-corrected chi connectivity index (χ1v) is 10.7. The summed E-state index contributed by atoms with van der Waals surface area (Å²) in [4.78, 5) is 28.4. The zero-order chi connectivity index (χ0) is 21.1. The molecule has 2 aromatic carbocycles. The fourth-order valence-corrected chi connectivity index (χ4v) is 3.87. The summed E-state index contributed by atoms with van der Waals surface area (Å²) >= 11 is 3.40. The van der Waals surface area contributed by atoms with Gasteiger partial charge in [-0.1, -0.05) is 28.1 Å². The van der Waals surface area contributed by atoms with Crippen LogP contribution in [0.25, 0.3) is 22.1 Å². The molecule has 0 radical (unpaired) electrons. The van der Waals surface area contributed by atoms with Crippen LogP contribution in [0.2, 0.25) is 0 Å². The Morgan fingerprint density at radius 1 is 1.10 bits per heavy atom. The van der Waals surface area contributed by atoms with Gasteiger partial charge in [-0.25, -0.2) is 0 Å². The van der Waals surface area contributed by atoms with Gasteiger partial charge in [-0.05, 0) is 29.8 Å². The first kappa shape index (κ1) is 20.6. The maximum absolute atomic E-state index is 12.9. The number of rotatable bonds is 5. The molecule has 4 rings (SSSR count). The Hall–Kier alpha value is -2.64. The molecule has 1 aromatic heterocycles. The maximum Gasteiger partial charge on any atom is 0.219 e. The van der Waals surface area contributed by atoms with Crippen LogP contribution in [-0.4, -0.2) is 55.0 Å². The Morgan fingerprint density at radius 3 is 2.53 bits per heavy atom. The van der Waals surface area contributed by atoms with Gasteiger partial charge in [0.1, 0.15) is 24.2 Å². The van der Waals surface area contributed by atoms with Crippen LogP contribution < -0.4 is 10.2 Å². The third-order valence-corrected chi connectivity index (χ3v) is 5.92. The zero-order valence-corrected chi connectivity index (χ0v) is 18.4. The molecule has 6 nitrogen and oxygen atoms in total. The number of carbonyl (C=O) groups excluding carboxylic acids is 1. The first-order valence-electron chi connectivity index (χ1n) is 9.93. The average Bonchev–Trinajstić information content (AvgIpc) is 2.75. The molecule has 1 aliphatic heterocycles. The highest BCUT2D eigenvalue weighted by Gasteiger charge is 2.18. The zero-order valence-electron chi connectivity index (χ0n) is 16.8. The van der Waals surface area contributed by atoms with Crippen molar-refractivity contribution in [3.63, 3.8) is 0 Å². The van der Waals surface area contributed by atoms with Crippen molar-refractivity contribution in [2.24, 2.45) is 0 Å². The number of carbonyl (C=O) groups is 1. The summed E-state index contributed by atoms with van der Waals surface area (Å²) in [6, 6.07) is 12.9. The number of ether oxygens (including phenoxy) is 1. The van der Waals surface area contributed by atoms with Crippen LogP contribution >= 0.6 is 15.9 Å². The van der Waals surface area contributed by atoms with Crippen LogP contribution in [0.3, 0.4) is 0 Å². The van der Waals surface area contributed by atoms with Gasteiger partial charge < -0.3 is 14.1 Å². The largest absolute Gasteiger partial charge is 0.492 e. The number of hydrogen-bond donors (Lipinski definition) is 0. The van der Waals surface area contributed by atoms with Gasteiger partial charge in [-0.15, -0.1) is 0 Å². The number of benzene rings is 2. The molecule has 0 saturated carbocycles. The van der Waals surface area contributed by atoms with E-state index in [9.17, 15) is 9.59 Å². The van der Waals surface area contributed by atoms with Crippen molar-refractivity contribution in [3.8, 4) is 16.9 Å². The summed E-state index contributed by atoms with van der Waals surface area (Å²) in [5, 5.41) is 0.531. The molecule has 0 spiro atoms. The third-order valence-electron chi connectivity index (χ3n) is 5.40. The monoisotopic (exact) mass is 470 g/mol. The van der Waals surface area contributed by atoms with Gasteiger partial charge in [-0.2, -0.15) is 0 Å². The highest BCUT2D eigenvalue weighted by Crippen LogP contribution is 2.24. The number of fused-ring (bicyclic) bond motifs is 1. The Labute approximate surface area is 183 Å². The van der Waals surface area contributed by atoms with Crippen molar-refractivity contribution >= 4 is 32.8 Å². The standard InChI is InChI=1S/C23H23BrN2O4/c1-16(27)26-10-8-25(9-11-26)12-13-29-19-6-7-20-22(14-19)30-15-21(23(20)28)17-2-4-18(24)5-3-17/h2-7,14-15H,8-13H2,1H3. The van der Waals surface area contributed by atoms with Gasteiger partial charge in [0.15, 0.2) is 5.43 Å². The van der Waals surface area contributed by atoms with Crippen molar-refractivity contribution < 1.29 is 13.9 Å². The second-order valence-corrected chi connectivity index (χ2v) is 8.26. The van der Waals surface area contributed by atoms with Gasteiger partial charge in [0, 0.05) is 50.2 Å². The summed E-state index contributed by atoms with van der Waals surface area (Å²) in [6.07, 6.45) is 1.51. The number of hydrogen-bond acceptors (Lipinski definition) is 5. The van der Waals surface area contributed by atoms with E-state index in [1.807, 2.05) is 29.2 Å². The summed E-state index contributed by atoms with van der Waals surface area (Å²) in [5.41, 5.74) is 1.80. The minimum atomic E-state index is -0.0616. The Kier molecular flexibility index (Phi) is 6.20. The van der Waals surface area contributed by atoms with Crippen LogP contribution in [0.5, 0.6) is 5.75 Å².